The standard InChI is InChI=1S/C10H13NO4S2.Na/c1-3-16-10-6(9(14)15)11-7(13)5(4(2)12)8(11)17-10;/h4-5,8,12H,3H2,1-2H3,(H,14,15);/q;+1/p-1/t4-,5?,8-;/m1./s1. The van der Waals surface area contributed by atoms with E-state index in [1.165, 1.54) is 28.4 Å². The van der Waals surface area contributed by atoms with Crippen LogP contribution in [-0.4, -0.2) is 39.1 Å². The van der Waals surface area contributed by atoms with Crippen molar-refractivity contribution in [1.29, 1.82) is 0 Å². The molecular formula is C10H12NNaO4S2. The summed E-state index contributed by atoms with van der Waals surface area (Å²) in [4.78, 5) is 24.0. The Balaban J connectivity index is 0.00000162. The molecule has 3 atom stereocenters. The molecule has 1 N–H and O–H groups in total. The first-order chi connectivity index (χ1) is 7.99. The molecular weight excluding hydrogens is 285 g/mol. The predicted octanol–water partition coefficient (Wildman–Crippen LogP) is -3.43. The van der Waals surface area contributed by atoms with Gasteiger partial charge >= 0.3 is 29.6 Å². The van der Waals surface area contributed by atoms with Gasteiger partial charge in [-0.3, -0.25) is 9.69 Å². The fourth-order valence-electron chi connectivity index (χ4n) is 1.97. The van der Waals surface area contributed by atoms with E-state index in [1.54, 1.807) is 6.92 Å². The maximum absolute atomic E-state index is 11.8. The average molecular weight is 297 g/mol. The molecule has 18 heavy (non-hydrogen) atoms. The molecule has 0 spiro atoms. The van der Waals surface area contributed by atoms with E-state index in [1.807, 2.05) is 6.92 Å². The first kappa shape index (κ1) is 16.4. The Bertz CT molecular complexity index is 413. The number of hydrogen-bond acceptors (Lipinski definition) is 6. The van der Waals surface area contributed by atoms with Crippen molar-refractivity contribution in [3.8, 4) is 0 Å². The molecule has 94 valence electrons. The summed E-state index contributed by atoms with van der Waals surface area (Å²) < 4.78 is 0.606. The van der Waals surface area contributed by atoms with Gasteiger partial charge in [0.05, 0.1) is 27.9 Å². The molecule has 5 nitrogen and oxygen atoms in total. The van der Waals surface area contributed by atoms with Crippen molar-refractivity contribution >= 4 is 35.4 Å². The quantitative estimate of drug-likeness (QED) is 0.430. The number of β-lactam (4-membered cyclic amide) rings is 1. The van der Waals surface area contributed by atoms with Crippen LogP contribution in [0.15, 0.2) is 9.93 Å². The summed E-state index contributed by atoms with van der Waals surface area (Å²) in [5.41, 5.74) is -0.0336. The molecule has 2 aliphatic rings. The largest absolute Gasteiger partial charge is 1.00 e. The third-order valence-electron chi connectivity index (χ3n) is 2.73. The molecule has 1 saturated heterocycles. The van der Waals surface area contributed by atoms with Crippen LogP contribution in [0.25, 0.3) is 0 Å². The van der Waals surface area contributed by atoms with Crippen LogP contribution in [0.2, 0.25) is 0 Å². The van der Waals surface area contributed by atoms with Gasteiger partial charge in [-0.15, -0.1) is 11.8 Å². The van der Waals surface area contributed by atoms with Crippen molar-refractivity contribution < 1.29 is 49.4 Å². The molecule has 0 aliphatic carbocycles. The number of thioether (sulfide) groups is 2. The second-order valence-corrected chi connectivity index (χ2v) is 6.50. The van der Waals surface area contributed by atoms with Crippen LogP contribution >= 0.6 is 23.5 Å². The Labute approximate surface area is 136 Å². The summed E-state index contributed by atoms with van der Waals surface area (Å²) in [5.74, 6) is -1.44. The van der Waals surface area contributed by atoms with Gasteiger partial charge in [-0.1, -0.05) is 18.7 Å². The van der Waals surface area contributed by atoms with E-state index in [4.69, 9.17) is 0 Å². The number of aliphatic hydroxyl groups excluding tert-OH is 1. The van der Waals surface area contributed by atoms with E-state index in [9.17, 15) is 19.8 Å². The van der Waals surface area contributed by atoms with E-state index in [-0.39, 0.29) is 46.5 Å². The zero-order chi connectivity index (χ0) is 12.7. The summed E-state index contributed by atoms with van der Waals surface area (Å²) in [6.45, 7) is 3.46. The fraction of sp³-hybridized carbons (Fsp3) is 0.600. The number of carboxylic acids is 1. The molecule has 0 radical (unpaired) electrons. The Kier molecular flexibility index (Phi) is 5.64. The number of aliphatic carboxylic acids is 1. The maximum Gasteiger partial charge on any atom is 1.00 e. The Morgan fingerprint density at radius 3 is 2.72 bits per heavy atom. The Morgan fingerprint density at radius 1 is 1.67 bits per heavy atom. The van der Waals surface area contributed by atoms with Crippen LogP contribution < -0.4 is 34.7 Å². The van der Waals surface area contributed by atoms with Gasteiger partial charge in [-0.2, -0.15) is 0 Å². The smallest absolute Gasteiger partial charge is 0.543 e. The minimum atomic E-state index is -1.33. The number of amides is 1. The summed E-state index contributed by atoms with van der Waals surface area (Å²) in [7, 11) is 0. The molecule has 2 rings (SSSR count). The van der Waals surface area contributed by atoms with E-state index >= 15 is 0 Å². The minimum Gasteiger partial charge on any atom is -0.543 e. The number of rotatable bonds is 4. The molecule has 0 aromatic rings. The minimum absolute atomic E-state index is 0. The number of nitrogens with zero attached hydrogens (tertiary/aromatic N) is 1. The van der Waals surface area contributed by atoms with Crippen LogP contribution in [0.3, 0.4) is 0 Å². The normalized spacial score (nSPS) is 27.5. The number of carbonyl (C=O) groups is 2. The van der Waals surface area contributed by atoms with Crippen molar-refractivity contribution in [2.45, 2.75) is 25.3 Å². The van der Waals surface area contributed by atoms with Gasteiger partial charge in [0, 0.05) is 0 Å². The van der Waals surface area contributed by atoms with Crippen LogP contribution in [-0.2, 0) is 9.59 Å². The maximum atomic E-state index is 11.8. The summed E-state index contributed by atoms with van der Waals surface area (Å²) in [6, 6.07) is 0. The van der Waals surface area contributed by atoms with Crippen molar-refractivity contribution in [1.82, 2.24) is 4.90 Å². The molecule has 0 aromatic heterocycles. The second-order valence-electron chi connectivity index (χ2n) is 3.84. The topological polar surface area (TPSA) is 80.7 Å². The van der Waals surface area contributed by atoms with Crippen molar-refractivity contribution in [3.05, 3.63) is 9.93 Å². The van der Waals surface area contributed by atoms with Gasteiger partial charge in [0.25, 0.3) is 0 Å². The number of carboxylic acid groups (broad SMARTS) is 1. The average Bonchev–Trinajstić information content (AvgIpc) is 2.53. The van der Waals surface area contributed by atoms with E-state index < -0.39 is 18.0 Å². The van der Waals surface area contributed by atoms with Crippen LogP contribution in [0.1, 0.15) is 13.8 Å². The second kappa shape index (κ2) is 6.19. The number of carbonyl (C=O) groups excluding carboxylic acids is 2. The molecule has 1 unspecified atom stereocenters. The van der Waals surface area contributed by atoms with Gasteiger partial charge in [-0.25, -0.2) is 0 Å². The number of aliphatic hydroxyl groups is 1. The zero-order valence-corrected chi connectivity index (χ0v) is 14.0. The first-order valence-electron chi connectivity index (χ1n) is 5.25. The summed E-state index contributed by atoms with van der Waals surface area (Å²) in [5, 5.41) is 20.2. The Morgan fingerprint density at radius 2 is 2.28 bits per heavy atom. The summed E-state index contributed by atoms with van der Waals surface area (Å²) >= 11 is 2.71. The molecule has 0 bridgehead atoms. The molecule has 2 heterocycles. The molecule has 0 saturated carbocycles. The molecule has 1 fully saturated rings. The first-order valence-corrected chi connectivity index (χ1v) is 7.11. The molecule has 1 amide bonds. The van der Waals surface area contributed by atoms with Crippen LogP contribution in [0.5, 0.6) is 0 Å². The van der Waals surface area contributed by atoms with E-state index in [2.05, 4.69) is 0 Å². The van der Waals surface area contributed by atoms with Gasteiger partial charge in [0.15, 0.2) is 0 Å². The number of fused-ring (bicyclic) bond motifs is 1. The third-order valence-corrected chi connectivity index (χ3v) is 5.27. The third kappa shape index (κ3) is 2.48. The van der Waals surface area contributed by atoms with Crippen molar-refractivity contribution in [2.24, 2.45) is 5.92 Å². The number of hydrogen-bond donors (Lipinski definition) is 1. The van der Waals surface area contributed by atoms with E-state index in [0.717, 1.165) is 5.75 Å². The Hall–Kier alpha value is 0.340. The van der Waals surface area contributed by atoms with Gasteiger partial charge in [0.2, 0.25) is 5.91 Å². The fourth-order valence-corrected chi connectivity index (χ4v) is 4.79. The van der Waals surface area contributed by atoms with Gasteiger partial charge < -0.3 is 15.0 Å². The zero-order valence-electron chi connectivity index (χ0n) is 10.4. The van der Waals surface area contributed by atoms with Crippen molar-refractivity contribution in [3.63, 3.8) is 0 Å². The van der Waals surface area contributed by atoms with E-state index in [0.29, 0.717) is 4.24 Å². The SMILES string of the molecule is CCSC1=C(C(=O)[O-])N2C(=O)C([C@@H](C)O)[C@H]2S1.[Na+]. The molecule has 8 heteroatoms. The predicted molar refractivity (Wildman–Crippen MR) is 63.6 cm³/mol. The summed E-state index contributed by atoms with van der Waals surface area (Å²) in [6.07, 6.45) is -0.759. The van der Waals surface area contributed by atoms with Crippen LogP contribution in [0.4, 0.5) is 0 Å². The monoisotopic (exact) mass is 297 g/mol. The van der Waals surface area contributed by atoms with Gasteiger partial charge in [0.1, 0.15) is 5.37 Å². The molecule has 2 aliphatic heterocycles. The van der Waals surface area contributed by atoms with Gasteiger partial charge in [-0.05, 0) is 12.7 Å². The van der Waals surface area contributed by atoms with Crippen molar-refractivity contribution in [2.75, 3.05) is 5.75 Å². The van der Waals surface area contributed by atoms with Crippen LogP contribution in [0, 0.1) is 5.92 Å². The molecule has 0 aromatic carbocycles.